The average Bonchev–Trinajstić information content (AvgIpc) is 2.74. The second-order valence-corrected chi connectivity index (χ2v) is 4.85. The van der Waals surface area contributed by atoms with Gasteiger partial charge in [0.05, 0.1) is 18.4 Å². The van der Waals surface area contributed by atoms with Crippen molar-refractivity contribution in [3.63, 3.8) is 0 Å². The van der Waals surface area contributed by atoms with Crippen LogP contribution >= 0.6 is 0 Å². The van der Waals surface area contributed by atoms with Gasteiger partial charge in [0, 0.05) is 13.1 Å². The molecule has 2 N–H and O–H groups in total. The molecule has 0 fully saturated rings. The number of carbonyl (C=O) groups excluding carboxylic acids is 1. The third-order valence-corrected chi connectivity index (χ3v) is 3.24. The average molecular weight is 265 g/mol. The third kappa shape index (κ3) is 1.94. The number of amides is 2. The molecule has 2 rings (SSSR count). The van der Waals surface area contributed by atoms with Gasteiger partial charge in [-0.3, -0.25) is 0 Å². The lowest BCUT2D eigenvalue weighted by Crippen LogP contribution is -2.38. The Hall–Kier alpha value is -2.05. The van der Waals surface area contributed by atoms with Crippen molar-refractivity contribution in [3.05, 3.63) is 11.3 Å². The summed E-state index contributed by atoms with van der Waals surface area (Å²) >= 11 is 0. The standard InChI is InChI=1S/C12H19N5O2/c1-6(2)17-9(10(13)14-12(17)18)8-7(3)15-16(4)11(8)19-5/h6,9H,1-5H3,(H2,13,14,18). The van der Waals surface area contributed by atoms with Crippen LogP contribution < -0.4 is 10.5 Å². The van der Waals surface area contributed by atoms with Crippen molar-refractivity contribution < 1.29 is 9.53 Å². The first-order valence-electron chi connectivity index (χ1n) is 6.12. The zero-order chi connectivity index (χ0) is 14.3. The molecule has 2 amide bonds. The third-order valence-electron chi connectivity index (χ3n) is 3.24. The second kappa shape index (κ2) is 4.56. The number of aliphatic imine (C=N–C) groups is 1. The van der Waals surface area contributed by atoms with Crippen molar-refractivity contribution in [2.75, 3.05) is 7.11 Å². The molecule has 1 aliphatic rings. The molecular formula is C12H19N5O2. The van der Waals surface area contributed by atoms with Gasteiger partial charge in [-0.25, -0.2) is 9.48 Å². The van der Waals surface area contributed by atoms with E-state index in [-0.39, 0.29) is 17.9 Å². The van der Waals surface area contributed by atoms with Crippen molar-refractivity contribution in [1.82, 2.24) is 14.7 Å². The lowest BCUT2D eigenvalue weighted by molar-refractivity contribution is 0.189. The Bertz CT molecular complexity index is 547. The van der Waals surface area contributed by atoms with Crippen LogP contribution in [0.2, 0.25) is 0 Å². The van der Waals surface area contributed by atoms with E-state index in [0.717, 1.165) is 11.3 Å². The highest BCUT2D eigenvalue weighted by Crippen LogP contribution is 2.36. The Morgan fingerprint density at radius 2 is 2.05 bits per heavy atom. The Kier molecular flexibility index (Phi) is 3.21. The summed E-state index contributed by atoms with van der Waals surface area (Å²) in [5.41, 5.74) is 7.50. The molecule has 1 aromatic rings. The van der Waals surface area contributed by atoms with Crippen molar-refractivity contribution in [2.24, 2.45) is 17.8 Å². The topological polar surface area (TPSA) is 85.7 Å². The van der Waals surface area contributed by atoms with E-state index in [1.54, 1.807) is 23.7 Å². The van der Waals surface area contributed by atoms with Gasteiger partial charge < -0.3 is 15.4 Å². The first kappa shape index (κ1) is 13.4. The van der Waals surface area contributed by atoms with E-state index < -0.39 is 6.04 Å². The maximum Gasteiger partial charge on any atom is 0.346 e. The van der Waals surface area contributed by atoms with Crippen LogP contribution in [0.15, 0.2) is 4.99 Å². The van der Waals surface area contributed by atoms with E-state index >= 15 is 0 Å². The van der Waals surface area contributed by atoms with Gasteiger partial charge in [-0.15, -0.1) is 0 Å². The van der Waals surface area contributed by atoms with E-state index in [2.05, 4.69) is 10.1 Å². The molecular weight excluding hydrogens is 246 g/mol. The SMILES string of the molecule is COc1c(C2C(N)=NC(=O)N2C(C)C)c(C)nn1C. The van der Waals surface area contributed by atoms with E-state index in [0.29, 0.717) is 5.88 Å². The van der Waals surface area contributed by atoms with Crippen LogP contribution in [0.3, 0.4) is 0 Å². The number of carbonyl (C=O) groups is 1. The number of urea groups is 1. The minimum Gasteiger partial charge on any atom is -0.481 e. The summed E-state index contributed by atoms with van der Waals surface area (Å²) in [5, 5.41) is 4.32. The number of rotatable bonds is 3. The number of aromatic nitrogens is 2. The number of methoxy groups -OCH3 is 1. The summed E-state index contributed by atoms with van der Waals surface area (Å²) in [6, 6.07) is -0.731. The Balaban J connectivity index is 2.57. The Morgan fingerprint density at radius 3 is 2.58 bits per heavy atom. The van der Waals surface area contributed by atoms with Crippen LogP contribution in [0.25, 0.3) is 0 Å². The number of hydrogen-bond acceptors (Lipinski definition) is 4. The molecule has 19 heavy (non-hydrogen) atoms. The molecule has 0 aromatic carbocycles. The maximum atomic E-state index is 11.9. The first-order chi connectivity index (χ1) is 8.88. The van der Waals surface area contributed by atoms with Crippen LogP contribution in [0, 0.1) is 6.92 Å². The van der Waals surface area contributed by atoms with Gasteiger partial charge in [-0.2, -0.15) is 10.1 Å². The van der Waals surface area contributed by atoms with E-state index in [1.165, 1.54) is 0 Å². The van der Waals surface area contributed by atoms with Crippen LogP contribution in [-0.2, 0) is 7.05 Å². The molecule has 0 saturated carbocycles. The minimum absolute atomic E-state index is 0.00777. The van der Waals surface area contributed by atoms with Gasteiger partial charge in [0.25, 0.3) is 0 Å². The molecule has 0 spiro atoms. The number of amidine groups is 1. The predicted molar refractivity (Wildman–Crippen MR) is 71.2 cm³/mol. The maximum absolute atomic E-state index is 11.9. The first-order valence-corrected chi connectivity index (χ1v) is 6.12. The van der Waals surface area contributed by atoms with Crippen LogP contribution in [-0.4, -0.2) is 39.7 Å². The van der Waals surface area contributed by atoms with Crippen molar-refractivity contribution in [1.29, 1.82) is 0 Å². The monoisotopic (exact) mass is 265 g/mol. The molecule has 7 heteroatoms. The second-order valence-electron chi connectivity index (χ2n) is 4.85. The quantitative estimate of drug-likeness (QED) is 0.882. The summed E-state index contributed by atoms with van der Waals surface area (Å²) in [6.07, 6.45) is 0. The smallest absolute Gasteiger partial charge is 0.346 e. The summed E-state index contributed by atoms with van der Waals surface area (Å²) in [7, 11) is 3.36. The molecule has 7 nitrogen and oxygen atoms in total. The molecule has 1 aliphatic heterocycles. The largest absolute Gasteiger partial charge is 0.481 e. The fourth-order valence-electron chi connectivity index (χ4n) is 2.50. The van der Waals surface area contributed by atoms with Crippen molar-refractivity contribution >= 4 is 11.9 Å². The van der Waals surface area contributed by atoms with E-state index in [1.807, 2.05) is 20.8 Å². The zero-order valence-electron chi connectivity index (χ0n) is 11.8. The number of nitrogens with two attached hydrogens (primary N) is 1. The highest BCUT2D eigenvalue weighted by Gasteiger charge is 2.40. The fourth-order valence-corrected chi connectivity index (χ4v) is 2.50. The fraction of sp³-hybridized carbons (Fsp3) is 0.583. The lowest BCUT2D eigenvalue weighted by atomic mass is 10.0. The Morgan fingerprint density at radius 1 is 1.42 bits per heavy atom. The molecule has 0 aliphatic carbocycles. The van der Waals surface area contributed by atoms with Gasteiger partial charge in [-0.05, 0) is 20.8 Å². The number of hydrogen-bond donors (Lipinski definition) is 1. The van der Waals surface area contributed by atoms with Gasteiger partial charge >= 0.3 is 6.03 Å². The number of aryl methyl sites for hydroxylation is 2. The molecule has 104 valence electrons. The summed E-state index contributed by atoms with van der Waals surface area (Å²) in [4.78, 5) is 17.4. The van der Waals surface area contributed by atoms with Crippen LogP contribution in [0.5, 0.6) is 5.88 Å². The molecule has 1 atom stereocenters. The summed E-state index contributed by atoms with van der Waals surface area (Å²) < 4.78 is 7.01. The number of nitrogens with zero attached hydrogens (tertiary/aromatic N) is 4. The van der Waals surface area contributed by atoms with Gasteiger partial charge in [0.1, 0.15) is 11.9 Å². The predicted octanol–water partition coefficient (Wildman–Crippen LogP) is 0.979. The molecule has 2 heterocycles. The molecule has 1 aromatic heterocycles. The molecule has 0 saturated heterocycles. The Labute approximate surface area is 112 Å². The number of ether oxygens (including phenoxy) is 1. The molecule has 0 radical (unpaired) electrons. The van der Waals surface area contributed by atoms with Crippen LogP contribution in [0.4, 0.5) is 4.79 Å². The lowest BCUT2D eigenvalue weighted by Gasteiger charge is -2.28. The normalized spacial score (nSPS) is 19.3. The van der Waals surface area contributed by atoms with Crippen molar-refractivity contribution in [2.45, 2.75) is 32.9 Å². The van der Waals surface area contributed by atoms with Crippen LogP contribution in [0.1, 0.15) is 31.1 Å². The molecule has 1 unspecified atom stereocenters. The van der Waals surface area contributed by atoms with E-state index in [4.69, 9.17) is 10.5 Å². The van der Waals surface area contributed by atoms with E-state index in [9.17, 15) is 4.79 Å². The highest BCUT2D eigenvalue weighted by molar-refractivity contribution is 6.03. The minimum atomic E-state index is -0.406. The summed E-state index contributed by atoms with van der Waals surface area (Å²) in [5.74, 6) is 0.883. The zero-order valence-corrected chi connectivity index (χ0v) is 11.8. The highest BCUT2D eigenvalue weighted by atomic mass is 16.5. The molecule has 0 bridgehead atoms. The van der Waals surface area contributed by atoms with Gasteiger partial charge in [-0.1, -0.05) is 0 Å². The van der Waals surface area contributed by atoms with Gasteiger partial charge in [0.2, 0.25) is 5.88 Å². The van der Waals surface area contributed by atoms with Gasteiger partial charge in [0.15, 0.2) is 0 Å². The van der Waals surface area contributed by atoms with Crippen molar-refractivity contribution in [3.8, 4) is 5.88 Å². The summed E-state index contributed by atoms with van der Waals surface area (Å²) in [6.45, 7) is 5.72.